The zero-order chi connectivity index (χ0) is 18.0. The number of carbonyl (C=O) groups excluding carboxylic acids is 2. The molecule has 2 amide bonds. The molecule has 1 fully saturated rings. The van der Waals surface area contributed by atoms with Gasteiger partial charge in [0.15, 0.2) is 0 Å². The number of likely N-dealkylation sites (tertiary alicyclic amines) is 1. The third-order valence-corrected chi connectivity index (χ3v) is 4.08. The molecule has 0 aliphatic carbocycles. The molecule has 5 nitrogen and oxygen atoms in total. The molecule has 1 aliphatic rings. The second-order valence-corrected chi connectivity index (χ2v) is 5.89. The summed E-state index contributed by atoms with van der Waals surface area (Å²) in [4.78, 5) is 28.2. The number of aromatic amines is 1. The van der Waals surface area contributed by atoms with Crippen molar-refractivity contribution in [3.63, 3.8) is 0 Å². The standard InChI is InChI=1S/C17H16F3N3O2/c18-17(19,20)13-5-2-1-4-11(13)9-23-10-12(8-15(23)24)22-16(25)14-6-3-7-21-14/h1-7,12,21H,8-10H2,(H,22,25). The van der Waals surface area contributed by atoms with Gasteiger partial charge in [-0.3, -0.25) is 9.59 Å². The maximum atomic E-state index is 13.1. The van der Waals surface area contributed by atoms with Crippen LogP contribution in [0.2, 0.25) is 0 Å². The molecular formula is C17H16F3N3O2. The number of amides is 2. The number of rotatable bonds is 4. The third kappa shape index (κ3) is 3.84. The lowest BCUT2D eigenvalue weighted by Gasteiger charge is -2.20. The van der Waals surface area contributed by atoms with Crippen LogP contribution < -0.4 is 5.32 Å². The number of benzene rings is 1. The highest BCUT2D eigenvalue weighted by Gasteiger charge is 2.36. The Hall–Kier alpha value is -2.77. The van der Waals surface area contributed by atoms with Gasteiger partial charge in [0.2, 0.25) is 5.91 Å². The molecule has 0 bridgehead atoms. The molecule has 1 aliphatic heterocycles. The van der Waals surface area contributed by atoms with Gasteiger partial charge in [0.1, 0.15) is 5.69 Å². The summed E-state index contributed by atoms with van der Waals surface area (Å²) in [6.07, 6.45) is -2.80. The molecule has 1 aromatic carbocycles. The molecule has 8 heteroatoms. The first-order chi connectivity index (χ1) is 11.8. The first kappa shape index (κ1) is 17.1. The zero-order valence-corrected chi connectivity index (χ0v) is 13.1. The molecule has 132 valence electrons. The minimum Gasteiger partial charge on any atom is -0.357 e. The molecule has 2 heterocycles. The molecule has 1 unspecified atom stereocenters. The van der Waals surface area contributed by atoms with Crippen molar-refractivity contribution in [2.24, 2.45) is 0 Å². The normalized spacial score (nSPS) is 17.8. The van der Waals surface area contributed by atoms with Crippen LogP contribution in [0, 0.1) is 0 Å². The summed E-state index contributed by atoms with van der Waals surface area (Å²) in [6.45, 7) is 0.0425. The van der Waals surface area contributed by atoms with Crippen LogP contribution in [0.3, 0.4) is 0 Å². The van der Waals surface area contributed by atoms with Crippen LogP contribution in [-0.4, -0.2) is 34.3 Å². The summed E-state index contributed by atoms with van der Waals surface area (Å²) in [5, 5.41) is 2.72. The molecule has 1 saturated heterocycles. The van der Waals surface area contributed by atoms with Crippen molar-refractivity contribution in [2.75, 3.05) is 6.54 Å². The monoisotopic (exact) mass is 351 g/mol. The van der Waals surface area contributed by atoms with Crippen LogP contribution in [0.25, 0.3) is 0 Å². The fourth-order valence-electron chi connectivity index (χ4n) is 2.90. The molecule has 0 spiro atoms. The number of nitrogens with zero attached hydrogens (tertiary/aromatic N) is 1. The summed E-state index contributed by atoms with van der Waals surface area (Å²) in [5.74, 6) is -0.630. The summed E-state index contributed by atoms with van der Waals surface area (Å²) in [6, 6.07) is 8.04. The summed E-state index contributed by atoms with van der Waals surface area (Å²) in [7, 11) is 0. The lowest BCUT2D eigenvalue weighted by Crippen LogP contribution is -2.37. The van der Waals surface area contributed by atoms with Crippen LogP contribution >= 0.6 is 0 Å². The van der Waals surface area contributed by atoms with E-state index in [-0.39, 0.29) is 36.9 Å². The second-order valence-electron chi connectivity index (χ2n) is 5.89. The van der Waals surface area contributed by atoms with Gasteiger partial charge in [-0.05, 0) is 23.8 Å². The van der Waals surface area contributed by atoms with Gasteiger partial charge in [-0.15, -0.1) is 0 Å². The molecule has 0 radical (unpaired) electrons. The Kier molecular flexibility index (Phi) is 4.52. The van der Waals surface area contributed by atoms with Crippen LogP contribution in [0.4, 0.5) is 13.2 Å². The van der Waals surface area contributed by atoms with Crippen molar-refractivity contribution in [3.8, 4) is 0 Å². The maximum Gasteiger partial charge on any atom is 0.416 e. The van der Waals surface area contributed by atoms with Crippen molar-refractivity contribution >= 4 is 11.8 Å². The predicted octanol–water partition coefficient (Wildman–Crippen LogP) is 2.56. The lowest BCUT2D eigenvalue weighted by molar-refractivity contribution is -0.139. The van der Waals surface area contributed by atoms with E-state index in [4.69, 9.17) is 0 Å². The summed E-state index contributed by atoms with van der Waals surface area (Å²) in [5.41, 5.74) is -0.338. The number of aromatic nitrogens is 1. The van der Waals surface area contributed by atoms with Crippen molar-refractivity contribution < 1.29 is 22.8 Å². The fourth-order valence-corrected chi connectivity index (χ4v) is 2.90. The number of halogens is 3. The number of carbonyl (C=O) groups is 2. The van der Waals surface area contributed by atoms with E-state index in [0.717, 1.165) is 6.07 Å². The quantitative estimate of drug-likeness (QED) is 0.889. The minimum atomic E-state index is -4.47. The van der Waals surface area contributed by atoms with Crippen LogP contribution in [0.5, 0.6) is 0 Å². The molecule has 1 aromatic heterocycles. The van der Waals surface area contributed by atoms with E-state index in [9.17, 15) is 22.8 Å². The van der Waals surface area contributed by atoms with Gasteiger partial charge in [-0.2, -0.15) is 13.2 Å². The van der Waals surface area contributed by atoms with E-state index < -0.39 is 17.8 Å². The first-order valence-corrected chi connectivity index (χ1v) is 7.71. The number of H-pyrrole nitrogens is 1. The molecule has 3 rings (SSSR count). The number of alkyl halides is 3. The Labute approximate surface area is 141 Å². The molecule has 2 aromatic rings. The largest absolute Gasteiger partial charge is 0.416 e. The van der Waals surface area contributed by atoms with Crippen LogP contribution in [0.15, 0.2) is 42.6 Å². The summed E-state index contributed by atoms with van der Waals surface area (Å²) >= 11 is 0. The fraction of sp³-hybridized carbons (Fsp3) is 0.294. The van der Waals surface area contributed by atoms with Gasteiger partial charge in [0.05, 0.1) is 11.6 Å². The highest BCUT2D eigenvalue weighted by molar-refractivity contribution is 5.93. The summed E-state index contributed by atoms with van der Waals surface area (Å²) < 4.78 is 39.2. The van der Waals surface area contributed by atoms with Crippen molar-refractivity contribution in [2.45, 2.75) is 25.2 Å². The maximum absolute atomic E-state index is 13.1. The van der Waals surface area contributed by atoms with E-state index >= 15 is 0 Å². The SMILES string of the molecule is O=C(NC1CC(=O)N(Cc2ccccc2C(F)(F)F)C1)c1ccc[nH]1. The molecule has 1 atom stereocenters. The highest BCUT2D eigenvalue weighted by Crippen LogP contribution is 2.32. The van der Waals surface area contributed by atoms with Crippen molar-refractivity contribution in [1.29, 1.82) is 0 Å². The Bertz CT molecular complexity index is 772. The zero-order valence-electron chi connectivity index (χ0n) is 13.1. The van der Waals surface area contributed by atoms with Crippen LogP contribution in [0.1, 0.15) is 28.0 Å². The molecule has 2 N–H and O–H groups in total. The smallest absolute Gasteiger partial charge is 0.357 e. The van der Waals surface area contributed by atoms with Gasteiger partial charge < -0.3 is 15.2 Å². The minimum absolute atomic E-state index is 0.0414. The molecule has 25 heavy (non-hydrogen) atoms. The van der Waals surface area contributed by atoms with Crippen molar-refractivity contribution in [1.82, 2.24) is 15.2 Å². The number of hydrogen-bond acceptors (Lipinski definition) is 2. The van der Waals surface area contributed by atoms with E-state index in [0.29, 0.717) is 5.69 Å². The van der Waals surface area contributed by atoms with Crippen molar-refractivity contribution in [3.05, 3.63) is 59.4 Å². The van der Waals surface area contributed by atoms with E-state index in [1.807, 2.05) is 0 Å². The topological polar surface area (TPSA) is 65.2 Å². The Balaban J connectivity index is 1.67. The van der Waals surface area contributed by atoms with E-state index in [1.54, 1.807) is 18.3 Å². The molecular weight excluding hydrogens is 335 g/mol. The average Bonchev–Trinajstić information content (AvgIpc) is 3.18. The first-order valence-electron chi connectivity index (χ1n) is 7.71. The third-order valence-electron chi connectivity index (χ3n) is 4.08. The average molecular weight is 351 g/mol. The van der Waals surface area contributed by atoms with E-state index in [1.165, 1.54) is 23.1 Å². The van der Waals surface area contributed by atoms with Gasteiger partial charge >= 0.3 is 6.18 Å². The molecule has 0 saturated carbocycles. The van der Waals surface area contributed by atoms with Crippen LogP contribution in [-0.2, 0) is 17.5 Å². The Morgan fingerprint density at radius 1 is 1.24 bits per heavy atom. The Morgan fingerprint density at radius 3 is 2.68 bits per heavy atom. The Morgan fingerprint density at radius 2 is 2.00 bits per heavy atom. The highest BCUT2D eigenvalue weighted by atomic mass is 19.4. The second kappa shape index (κ2) is 6.62. The van der Waals surface area contributed by atoms with Gasteiger partial charge in [0, 0.05) is 25.7 Å². The lowest BCUT2D eigenvalue weighted by atomic mass is 10.1. The number of hydrogen-bond donors (Lipinski definition) is 2. The van der Waals surface area contributed by atoms with Gasteiger partial charge in [-0.1, -0.05) is 18.2 Å². The van der Waals surface area contributed by atoms with Gasteiger partial charge in [0.25, 0.3) is 5.91 Å². The predicted molar refractivity (Wildman–Crippen MR) is 83.5 cm³/mol. The van der Waals surface area contributed by atoms with Gasteiger partial charge in [-0.25, -0.2) is 0 Å². The number of nitrogens with one attached hydrogen (secondary N) is 2. The van der Waals surface area contributed by atoms with E-state index in [2.05, 4.69) is 10.3 Å².